The average molecular weight is 290 g/mol. The number of aliphatic hydroxyl groups is 1. The van der Waals surface area contributed by atoms with E-state index in [4.69, 9.17) is 0 Å². The van der Waals surface area contributed by atoms with Gasteiger partial charge in [0.05, 0.1) is 11.8 Å². The Morgan fingerprint density at radius 1 is 1.35 bits per heavy atom. The number of halogens is 3. The summed E-state index contributed by atoms with van der Waals surface area (Å²) in [5.41, 5.74) is -0.266. The third-order valence-electron chi connectivity index (χ3n) is 3.46. The van der Waals surface area contributed by atoms with Gasteiger partial charge >= 0.3 is 6.36 Å². The number of piperidine rings is 1. The van der Waals surface area contributed by atoms with Crippen LogP contribution in [0.1, 0.15) is 18.5 Å². The maximum atomic E-state index is 12.0. The fourth-order valence-electron chi connectivity index (χ4n) is 2.26. The van der Waals surface area contributed by atoms with Crippen LogP contribution in [0.4, 0.5) is 13.2 Å². The molecule has 0 unspecified atom stereocenters. The van der Waals surface area contributed by atoms with E-state index in [1.54, 1.807) is 0 Å². The molecule has 1 aromatic rings. The number of alkyl halides is 3. The fraction of sp³-hybridized carbons (Fsp3) is 0.615. The molecule has 1 aliphatic rings. The van der Waals surface area contributed by atoms with Gasteiger partial charge in [0.2, 0.25) is 0 Å². The van der Waals surface area contributed by atoms with Crippen LogP contribution in [0.3, 0.4) is 0 Å². The zero-order valence-corrected chi connectivity index (χ0v) is 11.2. The molecule has 1 aromatic heterocycles. The van der Waals surface area contributed by atoms with Crippen LogP contribution in [0.25, 0.3) is 0 Å². The molecule has 0 aromatic carbocycles. The number of rotatable bonds is 3. The lowest BCUT2D eigenvalue weighted by atomic mass is 9.87. The minimum atomic E-state index is -4.71. The van der Waals surface area contributed by atoms with Gasteiger partial charge in [0.25, 0.3) is 0 Å². The molecule has 2 heterocycles. The summed E-state index contributed by atoms with van der Waals surface area (Å²) in [6, 6.07) is 2.67. The second-order valence-corrected chi connectivity index (χ2v) is 5.24. The average Bonchev–Trinajstić information content (AvgIpc) is 2.34. The van der Waals surface area contributed by atoms with Crippen molar-refractivity contribution in [1.29, 1.82) is 0 Å². The summed E-state index contributed by atoms with van der Waals surface area (Å²) in [4.78, 5) is 6.05. The van der Waals surface area contributed by atoms with Gasteiger partial charge < -0.3 is 14.7 Å². The third kappa shape index (κ3) is 4.35. The van der Waals surface area contributed by atoms with Crippen LogP contribution in [0.5, 0.6) is 5.75 Å². The Kier molecular flexibility index (Phi) is 4.19. The van der Waals surface area contributed by atoms with Gasteiger partial charge in [0, 0.05) is 25.2 Å². The zero-order valence-electron chi connectivity index (χ0n) is 11.2. The zero-order chi connectivity index (χ0) is 14.8. The van der Waals surface area contributed by atoms with Crippen LogP contribution in [0, 0.1) is 0 Å². The van der Waals surface area contributed by atoms with Gasteiger partial charge in [-0.25, -0.2) is 0 Å². The second-order valence-electron chi connectivity index (χ2n) is 5.24. The normalized spacial score (nSPS) is 19.9. The van der Waals surface area contributed by atoms with E-state index in [0.717, 1.165) is 19.3 Å². The van der Waals surface area contributed by atoms with E-state index < -0.39 is 12.0 Å². The van der Waals surface area contributed by atoms with Crippen molar-refractivity contribution in [3.63, 3.8) is 0 Å². The number of likely N-dealkylation sites (tertiary alicyclic amines) is 1. The lowest BCUT2D eigenvalue weighted by Crippen LogP contribution is -2.44. The summed E-state index contributed by atoms with van der Waals surface area (Å²) in [6.45, 7) is 1.59. The lowest BCUT2D eigenvalue weighted by Gasteiger charge is -2.36. The highest BCUT2D eigenvalue weighted by Gasteiger charge is 2.33. The van der Waals surface area contributed by atoms with E-state index in [1.165, 1.54) is 12.1 Å². The van der Waals surface area contributed by atoms with Crippen LogP contribution in [0.15, 0.2) is 18.3 Å². The third-order valence-corrected chi connectivity index (χ3v) is 3.46. The monoisotopic (exact) mass is 290 g/mol. The highest BCUT2D eigenvalue weighted by Crippen LogP contribution is 2.26. The van der Waals surface area contributed by atoms with Crippen molar-refractivity contribution in [3.8, 4) is 5.75 Å². The van der Waals surface area contributed by atoms with E-state index in [0.29, 0.717) is 25.0 Å². The molecule has 0 spiro atoms. The molecule has 112 valence electrons. The first kappa shape index (κ1) is 15.1. The summed E-state index contributed by atoms with van der Waals surface area (Å²) in [7, 11) is 1.99. The van der Waals surface area contributed by atoms with Crippen molar-refractivity contribution in [2.24, 2.45) is 0 Å². The highest BCUT2D eigenvalue weighted by atomic mass is 19.4. The Bertz CT molecular complexity index is 440. The molecule has 1 aliphatic heterocycles. The molecule has 1 fully saturated rings. The Morgan fingerprint density at radius 3 is 2.50 bits per heavy atom. The molecule has 0 aliphatic carbocycles. The molecule has 7 heteroatoms. The summed E-state index contributed by atoms with van der Waals surface area (Å²) in [5.74, 6) is -0.350. The van der Waals surface area contributed by atoms with Crippen LogP contribution < -0.4 is 4.74 Å². The van der Waals surface area contributed by atoms with Crippen LogP contribution >= 0.6 is 0 Å². The molecule has 0 atom stereocenters. The Labute approximate surface area is 115 Å². The van der Waals surface area contributed by atoms with Gasteiger partial charge in [-0.05, 0) is 32.0 Å². The molecule has 0 bridgehead atoms. The molecule has 0 saturated carbocycles. The van der Waals surface area contributed by atoms with Gasteiger partial charge in [-0.3, -0.25) is 4.98 Å². The SMILES string of the molecule is CN1CCC(O)(Cc2ccc(OC(F)(F)F)cn2)CC1. The highest BCUT2D eigenvalue weighted by molar-refractivity contribution is 5.21. The van der Waals surface area contributed by atoms with Crippen molar-refractivity contribution in [2.45, 2.75) is 31.2 Å². The summed E-state index contributed by atoms with van der Waals surface area (Å²) < 4.78 is 39.8. The molecular formula is C13H17F3N2O2. The number of nitrogens with zero attached hydrogens (tertiary/aromatic N) is 2. The van der Waals surface area contributed by atoms with E-state index in [2.05, 4.69) is 14.6 Å². The maximum absolute atomic E-state index is 12.0. The lowest BCUT2D eigenvalue weighted by molar-refractivity contribution is -0.274. The van der Waals surface area contributed by atoms with Crippen molar-refractivity contribution in [2.75, 3.05) is 20.1 Å². The second kappa shape index (κ2) is 5.57. The predicted octanol–water partition coefficient (Wildman–Crippen LogP) is 1.98. The number of aromatic nitrogens is 1. The summed E-state index contributed by atoms with van der Waals surface area (Å²) in [6.07, 6.45) is -2.08. The maximum Gasteiger partial charge on any atom is 0.573 e. The van der Waals surface area contributed by atoms with Gasteiger partial charge in [0.1, 0.15) is 5.75 Å². The van der Waals surface area contributed by atoms with Gasteiger partial charge in [-0.1, -0.05) is 0 Å². The van der Waals surface area contributed by atoms with E-state index in [-0.39, 0.29) is 5.75 Å². The van der Waals surface area contributed by atoms with Crippen LogP contribution in [-0.4, -0.2) is 47.1 Å². The molecular weight excluding hydrogens is 273 g/mol. The number of pyridine rings is 1. The Hall–Kier alpha value is -1.34. The number of hydrogen-bond acceptors (Lipinski definition) is 4. The summed E-state index contributed by atoms with van der Waals surface area (Å²) >= 11 is 0. The molecule has 1 saturated heterocycles. The molecule has 20 heavy (non-hydrogen) atoms. The fourth-order valence-corrected chi connectivity index (χ4v) is 2.26. The van der Waals surface area contributed by atoms with Gasteiger partial charge in [-0.2, -0.15) is 0 Å². The predicted molar refractivity (Wildman–Crippen MR) is 66.3 cm³/mol. The quantitative estimate of drug-likeness (QED) is 0.924. The molecule has 1 N–H and O–H groups in total. The minimum absolute atomic E-state index is 0.340. The summed E-state index contributed by atoms with van der Waals surface area (Å²) in [5, 5.41) is 10.4. The molecule has 0 amide bonds. The van der Waals surface area contributed by atoms with E-state index >= 15 is 0 Å². The van der Waals surface area contributed by atoms with Crippen molar-refractivity contribution >= 4 is 0 Å². The topological polar surface area (TPSA) is 45.6 Å². The van der Waals surface area contributed by atoms with Crippen molar-refractivity contribution in [1.82, 2.24) is 9.88 Å². The van der Waals surface area contributed by atoms with E-state index in [1.807, 2.05) is 7.05 Å². The first-order valence-corrected chi connectivity index (χ1v) is 6.37. The van der Waals surface area contributed by atoms with Gasteiger partial charge in [-0.15, -0.1) is 13.2 Å². The molecule has 4 nitrogen and oxygen atoms in total. The van der Waals surface area contributed by atoms with Crippen molar-refractivity contribution in [3.05, 3.63) is 24.0 Å². The van der Waals surface area contributed by atoms with E-state index in [9.17, 15) is 18.3 Å². The Morgan fingerprint density at radius 2 is 2.00 bits per heavy atom. The van der Waals surface area contributed by atoms with Crippen molar-refractivity contribution < 1.29 is 23.0 Å². The minimum Gasteiger partial charge on any atom is -0.404 e. The first-order valence-electron chi connectivity index (χ1n) is 6.37. The molecule has 2 rings (SSSR count). The van der Waals surface area contributed by atoms with Crippen LogP contribution in [0.2, 0.25) is 0 Å². The van der Waals surface area contributed by atoms with Crippen LogP contribution in [-0.2, 0) is 6.42 Å². The standard InChI is InChI=1S/C13H17F3N2O2/c1-18-6-4-12(19,5-7-18)8-10-2-3-11(9-17-10)20-13(14,15)16/h2-3,9,19H,4-8H2,1H3. The smallest absolute Gasteiger partial charge is 0.404 e. The first-order chi connectivity index (χ1) is 9.26. The number of hydrogen-bond donors (Lipinski definition) is 1. The molecule has 0 radical (unpaired) electrons. The van der Waals surface area contributed by atoms with Gasteiger partial charge in [0.15, 0.2) is 0 Å². The largest absolute Gasteiger partial charge is 0.573 e. The Balaban J connectivity index is 1.97. The number of ether oxygens (including phenoxy) is 1.